The summed E-state index contributed by atoms with van der Waals surface area (Å²) in [6.45, 7) is 4.48. The van der Waals surface area contributed by atoms with Gasteiger partial charge in [0.25, 0.3) is 0 Å². The highest BCUT2D eigenvalue weighted by Gasteiger charge is 2.23. The lowest BCUT2D eigenvalue weighted by atomic mass is 10.00. The van der Waals surface area contributed by atoms with Crippen LogP contribution in [0.1, 0.15) is 31.7 Å². The maximum absolute atomic E-state index is 12.6. The molecule has 0 unspecified atom stereocenters. The molecule has 0 aliphatic carbocycles. The average molecular weight is 579 g/mol. The number of carbonyl (C=O) groups excluding carboxylic acids is 1. The molecule has 3 aromatic rings. The molecule has 9 heteroatoms. The number of sulfonamides is 1. The van der Waals surface area contributed by atoms with Crippen LogP contribution in [-0.2, 0) is 24.3 Å². The first-order valence-corrected chi connectivity index (χ1v) is 15.2. The SMILES string of the molecule is CCCCOCCOc1ccc(-c2ccc3c(c2)C=C(C(=O)OC)CCN3c2ccc(S(=O)(=O)N(C)C)cc2)cc1. The number of fused-ring (bicyclic) bond motifs is 1. The van der Waals surface area contributed by atoms with E-state index < -0.39 is 10.0 Å². The smallest absolute Gasteiger partial charge is 0.333 e. The summed E-state index contributed by atoms with van der Waals surface area (Å²) in [6, 6.07) is 20.9. The predicted octanol–water partition coefficient (Wildman–Crippen LogP) is 5.90. The molecule has 0 fully saturated rings. The molecular formula is C32H38N2O6S. The first-order chi connectivity index (χ1) is 19.7. The van der Waals surface area contributed by atoms with Crippen LogP contribution in [0.25, 0.3) is 17.2 Å². The lowest BCUT2D eigenvalue weighted by molar-refractivity contribution is -0.136. The molecule has 3 aromatic carbocycles. The standard InChI is InChI=1S/C32H38N2O6S/c1-5-6-19-39-20-21-40-29-12-7-24(8-13-29)25-9-16-31-27(22-25)23-26(32(35)38-4)17-18-34(31)28-10-14-30(15-11-28)41(36,37)33(2)3/h7-16,22-23H,5-6,17-21H2,1-4H3. The van der Waals surface area contributed by atoms with Crippen molar-refractivity contribution in [2.45, 2.75) is 31.1 Å². The van der Waals surface area contributed by atoms with Gasteiger partial charge in [0.2, 0.25) is 10.0 Å². The fraction of sp³-hybridized carbons (Fsp3) is 0.344. The van der Waals surface area contributed by atoms with Crippen LogP contribution in [0, 0.1) is 0 Å². The molecule has 0 atom stereocenters. The van der Waals surface area contributed by atoms with Crippen LogP contribution in [0.5, 0.6) is 5.75 Å². The molecule has 8 nitrogen and oxygen atoms in total. The number of unbranched alkanes of at least 4 members (excludes halogenated alkanes) is 1. The number of hydrogen-bond donors (Lipinski definition) is 0. The van der Waals surface area contributed by atoms with Crippen molar-refractivity contribution in [1.82, 2.24) is 4.31 Å². The Kier molecular flexibility index (Phi) is 10.2. The van der Waals surface area contributed by atoms with E-state index in [2.05, 4.69) is 17.9 Å². The third-order valence-corrected chi connectivity index (χ3v) is 8.78. The maximum atomic E-state index is 12.6. The van der Waals surface area contributed by atoms with Crippen molar-refractivity contribution in [1.29, 1.82) is 0 Å². The largest absolute Gasteiger partial charge is 0.491 e. The van der Waals surface area contributed by atoms with Gasteiger partial charge >= 0.3 is 5.97 Å². The topological polar surface area (TPSA) is 85.4 Å². The lowest BCUT2D eigenvalue weighted by Gasteiger charge is -2.26. The Bertz CT molecular complexity index is 1470. The fourth-order valence-corrected chi connectivity index (χ4v) is 5.49. The molecule has 218 valence electrons. The number of carbonyl (C=O) groups is 1. The minimum atomic E-state index is -3.54. The molecule has 1 heterocycles. The van der Waals surface area contributed by atoms with E-state index in [0.717, 1.165) is 53.3 Å². The van der Waals surface area contributed by atoms with E-state index in [0.29, 0.717) is 31.8 Å². The highest BCUT2D eigenvalue weighted by Crippen LogP contribution is 2.37. The fourth-order valence-electron chi connectivity index (χ4n) is 4.59. The summed E-state index contributed by atoms with van der Waals surface area (Å²) in [7, 11) is 0.868. The highest BCUT2D eigenvalue weighted by atomic mass is 32.2. The Morgan fingerprint density at radius 3 is 2.29 bits per heavy atom. The van der Waals surface area contributed by atoms with E-state index in [9.17, 15) is 13.2 Å². The number of benzene rings is 3. The molecule has 0 aromatic heterocycles. The third kappa shape index (κ3) is 7.35. The van der Waals surface area contributed by atoms with Gasteiger partial charge in [-0.1, -0.05) is 31.5 Å². The van der Waals surface area contributed by atoms with Gasteiger partial charge in [-0.15, -0.1) is 0 Å². The van der Waals surface area contributed by atoms with Gasteiger partial charge in [0.05, 0.1) is 18.6 Å². The molecule has 1 aliphatic rings. The van der Waals surface area contributed by atoms with Crippen LogP contribution in [0.4, 0.5) is 11.4 Å². The molecule has 41 heavy (non-hydrogen) atoms. The molecule has 1 aliphatic heterocycles. The van der Waals surface area contributed by atoms with Crippen molar-refractivity contribution >= 4 is 33.4 Å². The van der Waals surface area contributed by atoms with Crippen LogP contribution < -0.4 is 9.64 Å². The molecule has 4 rings (SSSR count). The number of nitrogens with zero attached hydrogens (tertiary/aromatic N) is 2. The zero-order valence-electron chi connectivity index (χ0n) is 24.1. The van der Waals surface area contributed by atoms with Crippen molar-refractivity contribution in [3.8, 4) is 16.9 Å². The second-order valence-electron chi connectivity index (χ2n) is 9.96. The monoisotopic (exact) mass is 578 g/mol. The van der Waals surface area contributed by atoms with Gasteiger partial charge < -0.3 is 19.1 Å². The van der Waals surface area contributed by atoms with Crippen molar-refractivity contribution < 1.29 is 27.4 Å². The van der Waals surface area contributed by atoms with Crippen LogP contribution in [0.15, 0.2) is 77.2 Å². The Hall–Kier alpha value is -3.66. The van der Waals surface area contributed by atoms with Gasteiger partial charge in [0.1, 0.15) is 12.4 Å². The average Bonchev–Trinajstić information content (AvgIpc) is 3.18. The van der Waals surface area contributed by atoms with E-state index in [4.69, 9.17) is 14.2 Å². The first kappa shape index (κ1) is 30.3. The normalized spacial score (nSPS) is 13.4. The number of methoxy groups -OCH3 is 1. The van der Waals surface area contributed by atoms with Crippen LogP contribution >= 0.6 is 0 Å². The number of rotatable bonds is 12. The summed E-state index contributed by atoms with van der Waals surface area (Å²) in [4.78, 5) is 14.9. The molecular weight excluding hydrogens is 540 g/mol. The van der Waals surface area contributed by atoms with Crippen molar-refractivity contribution in [3.05, 3.63) is 77.9 Å². The van der Waals surface area contributed by atoms with Crippen LogP contribution in [0.3, 0.4) is 0 Å². The lowest BCUT2D eigenvalue weighted by Crippen LogP contribution is -2.23. The molecule has 0 N–H and O–H groups in total. The van der Waals surface area contributed by atoms with Gasteiger partial charge in [0.15, 0.2) is 0 Å². The molecule has 0 bridgehead atoms. The number of ether oxygens (including phenoxy) is 3. The quantitative estimate of drug-likeness (QED) is 0.195. The second-order valence-corrected chi connectivity index (χ2v) is 12.1. The van der Waals surface area contributed by atoms with Crippen molar-refractivity contribution in [3.63, 3.8) is 0 Å². The number of hydrogen-bond acceptors (Lipinski definition) is 7. The number of esters is 1. The summed E-state index contributed by atoms with van der Waals surface area (Å²) in [5, 5.41) is 0. The van der Waals surface area contributed by atoms with Gasteiger partial charge in [0, 0.05) is 44.2 Å². The summed E-state index contributed by atoms with van der Waals surface area (Å²) in [5.41, 5.74) is 5.20. The number of anilines is 2. The van der Waals surface area contributed by atoms with Gasteiger partial charge in [-0.2, -0.15) is 0 Å². The minimum absolute atomic E-state index is 0.224. The van der Waals surface area contributed by atoms with Gasteiger partial charge in [-0.05, 0) is 84.1 Å². The predicted molar refractivity (Wildman–Crippen MR) is 162 cm³/mol. The molecule has 0 saturated carbocycles. The van der Waals surface area contributed by atoms with Gasteiger partial charge in [-0.3, -0.25) is 0 Å². The molecule has 0 spiro atoms. The summed E-state index contributed by atoms with van der Waals surface area (Å²) >= 11 is 0. The molecule has 0 saturated heterocycles. The molecule has 0 amide bonds. The van der Waals surface area contributed by atoms with E-state index in [-0.39, 0.29) is 10.9 Å². The second kappa shape index (κ2) is 13.8. The Morgan fingerprint density at radius 1 is 0.927 bits per heavy atom. The van der Waals surface area contributed by atoms with E-state index in [1.165, 1.54) is 25.5 Å². The zero-order chi connectivity index (χ0) is 29.4. The first-order valence-electron chi connectivity index (χ1n) is 13.8. The van der Waals surface area contributed by atoms with Crippen LogP contribution in [0.2, 0.25) is 0 Å². The van der Waals surface area contributed by atoms with Crippen molar-refractivity contribution in [2.75, 3.05) is 52.5 Å². The van der Waals surface area contributed by atoms with E-state index in [1.807, 2.05) is 42.5 Å². The molecule has 0 radical (unpaired) electrons. The van der Waals surface area contributed by atoms with E-state index >= 15 is 0 Å². The highest BCUT2D eigenvalue weighted by molar-refractivity contribution is 7.89. The van der Waals surface area contributed by atoms with E-state index in [1.54, 1.807) is 24.3 Å². The van der Waals surface area contributed by atoms with Gasteiger partial charge in [-0.25, -0.2) is 17.5 Å². The zero-order valence-corrected chi connectivity index (χ0v) is 24.9. The third-order valence-electron chi connectivity index (χ3n) is 6.95. The van der Waals surface area contributed by atoms with Crippen molar-refractivity contribution in [2.24, 2.45) is 0 Å². The maximum Gasteiger partial charge on any atom is 0.333 e. The summed E-state index contributed by atoms with van der Waals surface area (Å²) in [5.74, 6) is 0.414. The summed E-state index contributed by atoms with van der Waals surface area (Å²) < 4.78 is 42.7. The Balaban J connectivity index is 1.59. The Morgan fingerprint density at radius 2 is 1.63 bits per heavy atom. The van der Waals surface area contributed by atoms with Crippen LogP contribution in [-0.4, -0.2) is 66.3 Å². The summed E-state index contributed by atoms with van der Waals surface area (Å²) in [6.07, 6.45) is 4.52. The Labute approximate surface area is 243 Å². The minimum Gasteiger partial charge on any atom is -0.491 e.